The monoisotopic (exact) mass is 357 g/mol. The van der Waals surface area contributed by atoms with Crippen LogP contribution in [-0.2, 0) is 0 Å². The van der Waals surface area contributed by atoms with Crippen LogP contribution in [0.15, 0.2) is 61.2 Å². The number of hydrogen-bond acceptors (Lipinski definition) is 6. The quantitative estimate of drug-likeness (QED) is 0.534. The van der Waals surface area contributed by atoms with Crippen molar-refractivity contribution in [2.75, 3.05) is 0 Å². The van der Waals surface area contributed by atoms with E-state index in [2.05, 4.69) is 15.0 Å². The second kappa shape index (κ2) is 6.38. The van der Waals surface area contributed by atoms with Gasteiger partial charge in [0, 0.05) is 36.3 Å². The summed E-state index contributed by atoms with van der Waals surface area (Å²) in [5.74, 6) is 1.18. The van der Waals surface area contributed by atoms with E-state index in [-0.39, 0.29) is 0 Å². The fourth-order valence-electron chi connectivity index (χ4n) is 2.88. The van der Waals surface area contributed by atoms with Gasteiger partial charge in [-0.25, -0.2) is 19.9 Å². The standard InChI is InChI=1S/C20H15N5S/c1-5-15(24-16(6-1)19-22-10-3-11-23-19)18-17(13-7-8-13)25-20(26-18)14-4-2-9-21-12-14/h1-6,9-13H,7-8H2. The molecule has 1 aliphatic carbocycles. The van der Waals surface area contributed by atoms with Crippen LogP contribution in [0.3, 0.4) is 0 Å². The van der Waals surface area contributed by atoms with Gasteiger partial charge in [0.2, 0.25) is 0 Å². The Labute approximate surface area is 154 Å². The molecule has 5 nitrogen and oxygen atoms in total. The van der Waals surface area contributed by atoms with Crippen molar-refractivity contribution in [3.05, 3.63) is 66.9 Å². The van der Waals surface area contributed by atoms with E-state index in [0.29, 0.717) is 11.7 Å². The minimum absolute atomic E-state index is 0.546. The van der Waals surface area contributed by atoms with Crippen LogP contribution in [0.4, 0.5) is 0 Å². The molecule has 0 saturated heterocycles. The molecule has 0 aliphatic heterocycles. The molecule has 1 fully saturated rings. The fourth-order valence-corrected chi connectivity index (χ4v) is 3.99. The van der Waals surface area contributed by atoms with Gasteiger partial charge in [0.25, 0.3) is 0 Å². The Kier molecular flexibility index (Phi) is 3.75. The zero-order valence-corrected chi connectivity index (χ0v) is 14.7. The van der Waals surface area contributed by atoms with Crippen LogP contribution < -0.4 is 0 Å². The first-order chi connectivity index (χ1) is 12.9. The molecule has 1 aliphatic rings. The molecule has 0 aromatic carbocycles. The van der Waals surface area contributed by atoms with Crippen LogP contribution >= 0.6 is 11.3 Å². The van der Waals surface area contributed by atoms with Crippen LogP contribution in [0.2, 0.25) is 0 Å². The van der Waals surface area contributed by atoms with E-state index in [0.717, 1.165) is 32.5 Å². The van der Waals surface area contributed by atoms with E-state index in [4.69, 9.17) is 9.97 Å². The van der Waals surface area contributed by atoms with Crippen LogP contribution in [0.25, 0.3) is 32.7 Å². The molecule has 4 aromatic rings. The Balaban J connectivity index is 1.61. The minimum Gasteiger partial charge on any atom is -0.264 e. The second-order valence-corrected chi connectivity index (χ2v) is 7.23. The van der Waals surface area contributed by atoms with Gasteiger partial charge in [0.05, 0.1) is 16.3 Å². The molecule has 0 atom stereocenters. The third-order valence-corrected chi connectivity index (χ3v) is 5.45. The molecule has 5 rings (SSSR count). The second-order valence-electron chi connectivity index (χ2n) is 6.23. The normalized spacial score (nSPS) is 13.7. The Hall–Kier alpha value is -2.99. The predicted molar refractivity (Wildman–Crippen MR) is 102 cm³/mol. The molecule has 0 bridgehead atoms. The molecular formula is C20H15N5S. The van der Waals surface area contributed by atoms with Gasteiger partial charge < -0.3 is 0 Å². The van der Waals surface area contributed by atoms with E-state index < -0.39 is 0 Å². The maximum atomic E-state index is 4.93. The molecular weight excluding hydrogens is 342 g/mol. The van der Waals surface area contributed by atoms with E-state index in [1.54, 1.807) is 29.9 Å². The maximum Gasteiger partial charge on any atom is 0.178 e. The van der Waals surface area contributed by atoms with Crippen LogP contribution in [0, 0.1) is 0 Å². The lowest BCUT2D eigenvalue weighted by Crippen LogP contribution is -1.93. The highest BCUT2D eigenvalue weighted by atomic mass is 32.1. The maximum absolute atomic E-state index is 4.93. The Bertz CT molecular complexity index is 1040. The zero-order valence-electron chi connectivity index (χ0n) is 13.9. The van der Waals surface area contributed by atoms with Crippen molar-refractivity contribution < 1.29 is 0 Å². The molecule has 0 amide bonds. The SMILES string of the molecule is c1cnc(-c2cccc(-c3sc(-c4cccnc4)nc3C3CC3)n2)nc1. The van der Waals surface area contributed by atoms with Crippen molar-refractivity contribution in [1.82, 2.24) is 24.9 Å². The van der Waals surface area contributed by atoms with Gasteiger partial charge in [0.1, 0.15) is 10.7 Å². The van der Waals surface area contributed by atoms with Crippen molar-refractivity contribution in [1.29, 1.82) is 0 Å². The van der Waals surface area contributed by atoms with Crippen LogP contribution in [0.1, 0.15) is 24.5 Å². The van der Waals surface area contributed by atoms with Gasteiger partial charge in [-0.3, -0.25) is 4.98 Å². The van der Waals surface area contributed by atoms with Gasteiger partial charge in [0.15, 0.2) is 5.82 Å². The third-order valence-electron chi connectivity index (χ3n) is 4.30. The van der Waals surface area contributed by atoms with E-state index in [9.17, 15) is 0 Å². The first-order valence-corrected chi connectivity index (χ1v) is 9.36. The highest BCUT2D eigenvalue weighted by molar-refractivity contribution is 7.18. The summed E-state index contributed by atoms with van der Waals surface area (Å²) >= 11 is 1.68. The summed E-state index contributed by atoms with van der Waals surface area (Å²) in [6.45, 7) is 0. The average Bonchev–Trinajstić information content (AvgIpc) is 3.47. The highest BCUT2D eigenvalue weighted by Gasteiger charge is 2.31. The van der Waals surface area contributed by atoms with Crippen LogP contribution in [0.5, 0.6) is 0 Å². The molecule has 6 heteroatoms. The lowest BCUT2D eigenvalue weighted by molar-refractivity contribution is 1.05. The van der Waals surface area contributed by atoms with Gasteiger partial charge in [-0.15, -0.1) is 11.3 Å². The van der Waals surface area contributed by atoms with Gasteiger partial charge in [-0.2, -0.15) is 0 Å². The molecule has 0 N–H and O–H groups in total. The average molecular weight is 357 g/mol. The van der Waals surface area contributed by atoms with Crippen molar-refractivity contribution >= 4 is 11.3 Å². The highest BCUT2D eigenvalue weighted by Crippen LogP contribution is 2.47. The molecule has 0 unspecified atom stereocenters. The van der Waals surface area contributed by atoms with E-state index in [1.807, 2.05) is 42.6 Å². The summed E-state index contributed by atoms with van der Waals surface area (Å²) in [6, 6.07) is 11.8. The lowest BCUT2D eigenvalue weighted by atomic mass is 10.2. The summed E-state index contributed by atoms with van der Waals surface area (Å²) < 4.78 is 0. The number of pyridine rings is 2. The molecule has 4 heterocycles. The smallest absolute Gasteiger partial charge is 0.178 e. The van der Waals surface area contributed by atoms with Crippen LogP contribution in [-0.4, -0.2) is 24.9 Å². The zero-order chi connectivity index (χ0) is 17.3. The molecule has 1 saturated carbocycles. The summed E-state index contributed by atoms with van der Waals surface area (Å²) in [5, 5.41) is 0.998. The number of thiazole rings is 1. The summed E-state index contributed by atoms with van der Waals surface area (Å²) in [5.41, 5.74) is 3.92. The molecule has 0 radical (unpaired) electrons. The molecule has 4 aromatic heterocycles. The predicted octanol–water partition coefficient (Wildman–Crippen LogP) is 4.60. The largest absolute Gasteiger partial charge is 0.264 e. The van der Waals surface area contributed by atoms with Crippen molar-refractivity contribution in [3.8, 4) is 32.7 Å². The minimum atomic E-state index is 0.546. The first kappa shape index (κ1) is 15.3. The number of rotatable bonds is 4. The van der Waals surface area contributed by atoms with Crippen molar-refractivity contribution in [2.24, 2.45) is 0 Å². The van der Waals surface area contributed by atoms with Gasteiger partial charge in [-0.05, 0) is 43.2 Å². The molecule has 0 spiro atoms. The topological polar surface area (TPSA) is 64.5 Å². The number of aromatic nitrogens is 5. The molecule has 26 heavy (non-hydrogen) atoms. The Morgan fingerprint density at radius 3 is 2.46 bits per heavy atom. The summed E-state index contributed by atoms with van der Waals surface area (Å²) in [6.07, 6.45) is 9.51. The van der Waals surface area contributed by atoms with E-state index in [1.165, 1.54) is 12.8 Å². The van der Waals surface area contributed by atoms with Gasteiger partial charge in [-0.1, -0.05) is 6.07 Å². The van der Waals surface area contributed by atoms with E-state index >= 15 is 0 Å². The number of hydrogen-bond donors (Lipinski definition) is 0. The van der Waals surface area contributed by atoms with Gasteiger partial charge >= 0.3 is 0 Å². The summed E-state index contributed by atoms with van der Waals surface area (Å²) in [7, 11) is 0. The third kappa shape index (κ3) is 2.88. The van der Waals surface area contributed by atoms with Crippen molar-refractivity contribution in [2.45, 2.75) is 18.8 Å². The first-order valence-electron chi connectivity index (χ1n) is 8.54. The molecule has 126 valence electrons. The van der Waals surface area contributed by atoms with Crippen molar-refractivity contribution in [3.63, 3.8) is 0 Å². The number of nitrogens with zero attached hydrogens (tertiary/aromatic N) is 5. The summed E-state index contributed by atoms with van der Waals surface area (Å²) in [4.78, 5) is 23.7. The Morgan fingerprint density at radius 1 is 0.846 bits per heavy atom. The Morgan fingerprint density at radius 2 is 1.69 bits per heavy atom. The fraction of sp³-hybridized carbons (Fsp3) is 0.150. The lowest BCUT2D eigenvalue weighted by Gasteiger charge is -2.03.